The number of fused-ring (bicyclic) bond motifs is 1. The van der Waals surface area contributed by atoms with Gasteiger partial charge in [-0.1, -0.05) is 35.6 Å². The van der Waals surface area contributed by atoms with E-state index in [0.717, 1.165) is 10.2 Å². The summed E-state index contributed by atoms with van der Waals surface area (Å²) in [5.41, 5.74) is 1.69. The molecule has 1 amide bonds. The zero-order chi connectivity index (χ0) is 25.7. The number of anilines is 1. The molecule has 0 aliphatic carbocycles. The molecule has 36 heavy (non-hydrogen) atoms. The lowest BCUT2D eigenvalue weighted by molar-refractivity contribution is 0.0997. The van der Waals surface area contributed by atoms with Crippen molar-refractivity contribution in [3.05, 3.63) is 83.2 Å². The van der Waals surface area contributed by atoms with Gasteiger partial charge in [-0.2, -0.15) is 4.99 Å². The van der Waals surface area contributed by atoms with Gasteiger partial charge in [0.2, 0.25) is 0 Å². The fourth-order valence-corrected chi connectivity index (χ4v) is 5.97. The van der Waals surface area contributed by atoms with Crippen LogP contribution in [-0.2, 0) is 21.3 Å². The summed E-state index contributed by atoms with van der Waals surface area (Å²) in [5.74, 6) is 0.249. The van der Waals surface area contributed by atoms with E-state index in [1.807, 2.05) is 35.8 Å². The molecule has 0 aliphatic heterocycles. The SMILES string of the molecule is CCOc1cccc2sc(=NC(=O)c3ccc(S(=O)(=O)N(C)c4ccccc4)cc3)n(CCOC)c12. The first kappa shape index (κ1) is 25.6. The molecule has 4 rings (SSSR count). The molecule has 0 unspecified atom stereocenters. The van der Waals surface area contributed by atoms with Crippen LogP contribution in [0.15, 0.2) is 82.7 Å². The second-order valence-corrected chi connectivity index (χ2v) is 10.8. The fourth-order valence-electron chi connectivity index (χ4n) is 3.70. The largest absolute Gasteiger partial charge is 0.492 e. The molecular weight excluding hydrogens is 498 g/mol. The van der Waals surface area contributed by atoms with Gasteiger partial charge in [-0.25, -0.2) is 8.42 Å². The van der Waals surface area contributed by atoms with E-state index in [2.05, 4.69) is 4.99 Å². The van der Waals surface area contributed by atoms with E-state index in [0.29, 0.717) is 36.0 Å². The average Bonchev–Trinajstić information content (AvgIpc) is 3.25. The number of benzene rings is 3. The van der Waals surface area contributed by atoms with Crippen molar-refractivity contribution >= 4 is 43.2 Å². The molecule has 0 spiro atoms. The van der Waals surface area contributed by atoms with Crippen LogP contribution in [0.3, 0.4) is 0 Å². The predicted octanol–water partition coefficient (Wildman–Crippen LogP) is 4.31. The molecule has 0 bridgehead atoms. The van der Waals surface area contributed by atoms with E-state index in [9.17, 15) is 13.2 Å². The number of hydrogen-bond acceptors (Lipinski definition) is 6. The van der Waals surface area contributed by atoms with E-state index in [4.69, 9.17) is 9.47 Å². The molecule has 188 valence electrons. The van der Waals surface area contributed by atoms with Crippen LogP contribution in [-0.4, -0.2) is 46.3 Å². The van der Waals surface area contributed by atoms with E-state index in [1.54, 1.807) is 31.4 Å². The molecule has 3 aromatic carbocycles. The third kappa shape index (κ3) is 5.20. The Labute approximate surface area is 214 Å². The van der Waals surface area contributed by atoms with Crippen molar-refractivity contribution in [1.82, 2.24) is 4.57 Å². The Morgan fingerprint density at radius 1 is 1.03 bits per heavy atom. The van der Waals surface area contributed by atoms with E-state index >= 15 is 0 Å². The lowest BCUT2D eigenvalue weighted by Gasteiger charge is -2.19. The molecule has 0 saturated carbocycles. The second kappa shape index (κ2) is 11.1. The summed E-state index contributed by atoms with van der Waals surface area (Å²) in [7, 11) is -0.664. The molecule has 0 saturated heterocycles. The number of ether oxygens (including phenoxy) is 2. The number of para-hydroxylation sites is 2. The lowest BCUT2D eigenvalue weighted by Crippen LogP contribution is -2.26. The molecule has 0 N–H and O–H groups in total. The van der Waals surface area contributed by atoms with Crippen LogP contribution >= 0.6 is 11.3 Å². The highest BCUT2D eigenvalue weighted by Crippen LogP contribution is 2.28. The van der Waals surface area contributed by atoms with E-state index in [-0.39, 0.29) is 10.5 Å². The molecular formula is C26H27N3O5S2. The van der Waals surface area contributed by atoms with Crippen molar-refractivity contribution in [3.8, 4) is 5.75 Å². The summed E-state index contributed by atoms with van der Waals surface area (Å²) in [6.45, 7) is 3.37. The standard InChI is InChI=1S/C26H27N3O5S2/c1-4-34-22-11-8-12-23-24(22)29(17-18-33-3)26(35-23)27-25(30)19-13-15-21(16-14-19)36(31,32)28(2)20-9-6-5-7-10-20/h5-16H,4,17-18H2,1-3H3. The maximum atomic E-state index is 13.0. The molecule has 8 nitrogen and oxygen atoms in total. The molecule has 0 atom stereocenters. The lowest BCUT2D eigenvalue weighted by atomic mass is 10.2. The fraction of sp³-hybridized carbons (Fsp3) is 0.231. The number of methoxy groups -OCH3 is 1. The van der Waals surface area contributed by atoms with Crippen molar-refractivity contribution in [2.45, 2.75) is 18.4 Å². The highest BCUT2D eigenvalue weighted by molar-refractivity contribution is 7.92. The van der Waals surface area contributed by atoms with Gasteiger partial charge in [0.15, 0.2) is 4.80 Å². The van der Waals surface area contributed by atoms with Gasteiger partial charge in [-0.15, -0.1) is 0 Å². The number of sulfonamides is 1. The predicted molar refractivity (Wildman–Crippen MR) is 141 cm³/mol. The van der Waals surface area contributed by atoms with Crippen LogP contribution in [0.1, 0.15) is 17.3 Å². The first-order valence-electron chi connectivity index (χ1n) is 11.3. The van der Waals surface area contributed by atoms with Crippen LogP contribution < -0.4 is 13.8 Å². The number of carbonyl (C=O) groups is 1. The molecule has 0 radical (unpaired) electrons. The van der Waals surface area contributed by atoms with Gasteiger partial charge in [-0.3, -0.25) is 9.10 Å². The zero-order valence-electron chi connectivity index (χ0n) is 20.2. The minimum absolute atomic E-state index is 0.0868. The number of carbonyl (C=O) groups excluding carboxylic acids is 1. The molecule has 1 aromatic heterocycles. The Hall–Kier alpha value is -3.47. The highest BCUT2D eigenvalue weighted by Gasteiger charge is 2.21. The van der Waals surface area contributed by atoms with Crippen LogP contribution in [0.25, 0.3) is 10.2 Å². The third-order valence-electron chi connectivity index (χ3n) is 5.56. The van der Waals surface area contributed by atoms with Gasteiger partial charge >= 0.3 is 0 Å². The number of rotatable bonds is 9. The van der Waals surface area contributed by atoms with Crippen LogP contribution in [0.5, 0.6) is 5.75 Å². The number of hydrogen-bond donors (Lipinski definition) is 0. The molecule has 0 fully saturated rings. The quantitative estimate of drug-likeness (QED) is 0.325. The monoisotopic (exact) mass is 525 g/mol. The second-order valence-electron chi connectivity index (χ2n) is 7.81. The van der Waals surface area contributed by atoms with Gasteiger partial charge < -0.3 is 14.0 Å². The Morgan fingerprint density at radius 3 is 2.42 bits per heavy atom. The summed E-state index contributed by atoms with van der Waals surface area (Å²) >= 11 is 1.38. The smallest absolute Gasteiger partial charge is 0.279 e. The third-order valence-corrected chi connectivity index (χ3v) is 8.40. The maximum absolute atomic E-state index is 13.0. The number of thiazole rings is 1. The molecule has 10 heteroatoms. The van der Waals surface area contributed by atoms with Crippen molar-refractivity contribution in [3.63, 3.8) is 0 Å². The normalized spacial score (nSPS) is 12.1. The minimum atomic E-state index is -3.78. The summed E-state index contributed by atoms with van der Waals surface area (Å²) in [5, 5.41) is 0. The van der Waals surface area contributed by atoms with Gasteiger partial charge in [0, 0.05) is 26.3 Å². The first-order valence-corrected chi connectivity index (χ1v) is 13.6. The molecule has 0 aliphatic rings. The summed E-state index contributed by atoms with van der Waals surface area (Å²) in [6, 6.07) is 20.4. The average molecular weight is 526 g/mol. The maximum Gasteiger partial charge on any atom is 0.279 e. The number of amides is 1. The summed E-state index contributed by atoms with van der Waals surface area (Å²) in [6.07, 6.45) is 0. The van der Waals surface area contributed by atoms with Crippen LogP contribution in [0.2, 0.25) is 0 Å². The topological polar surface area (TPSA) is 90.2 Å². The highest BCUT2D eigenvalue weighted by atomic mass is 32.2. The Morgan fingerprint density at radius 2 is 1.75 bits per heavy atom. The molecule has 4 aromatic rings. The van der Waals surface area contributed by atoms with Crippen molar-refractivity contribution in [2.24, 2.45) is 4.99 Å². The van der Waals surface area contributed by atoms with Gasteiger partial charge in [-0.05, 0) is 55.5 Å². The first-order chi connectivity index (χ1) is 17.4. The van der Waals surface area contributed by atoms with Crippen LogP contribution in [0, 0.1) is 0 Å². The van der Waals surface area contributed by atoms with Gasteiger partial charge in [0.25, 0.3) is 15.9 Å². The number of nitrogens with zero attached hydrogens (tertiary/aromatic N) is 3. The molecule has 1 heterocycles. The number of aromatic nitrogens is 1. The minimum Gasteiger partial charge on any atom is -0.492 e. The van der Waals surface area contributed by atoms with Crippen LogP contribution in [0.4, 0.5) is 5.69 Å². The van der Waals surface area contributed by atoms with Crippen molar-refractivity contribution in [2.75, 3.05) is 31.7 Å². The Bertz CT molecular complexity index is 1530. The van der Waals surface area contributed by atoms with E-state index in [1.165, 1.54) is 47.0 Å². The summed E-state index contributed by atoms with van der Waals surface area (Å²) in [4.78, 5) is 18.0. The van der Waals surface area contributed by atoms with Crippen molar-refractivity contribution in [1.29, 1.82) is 0 Å². The Balaban J connectivity index is 1.68. The van der Waals surface area contributed by atoms with Gasteiger partial charge in [0.05, 0.1) is 28.5 Å². The Kier molecular flexibility index (Phi) is 7.88. The van der Waals surface area contributed by atoms with E-state index < -0.39 is 15.9 Å². The van der Waals surface area contributed by atoms with Gasteiger partial charge in [0.1, 0.15) is 11.3 Å². The summed E-state index contributed by atoms with van der Waals surface area (Å²) < 4.78 is 41.2. The van der Waals surface area contributed by atoms with Crippen molar-refractivity contribution < 1.29 is 22.7 Å². The zero-order valence-corrected chi connectivity index (χ0v) is 21.9.